The quantitative estimate of drug-likeness (QED) is 0.889. The predicted molar refractivity (Wildman–Crippen MR) is 92.4 cm³/mol. The van der Waals surface area contributed by atoms with Crippen LogP contribution in [0.25, 0.3) is 0 Å². The zero-order valence-electron chi connectivity index (χ0n) is 14.0. The number of carbonyl (C=O) groups excluding carboxylic acids is 3. The normalized spacial score (nSPS) is 14.6. The van der Waals surface area contributed by atoms with E-state index in [1.807, 2.05) is 12.1 Å². The minimum absolute atomic E-state index is 0.0832. The average Bonchev–Trinajstić information content (AvgIpc) is 3.13. The third kappa shape index (κ3) is 3.55. The van der Waals surface area contributed by atoms with E-state index in [0.717, 1.165) is 11.3 Å². The molecule has 0 spiro atoms. The summed E-state index contributed by atoms with van der Waals surface area (Å²) in [6, 6.07) is 6.25. The van der Waals surface area contributed by atoms with E-state index in [-0.39, 0.29) is 17.7 Å². The molecule has 2 N–H and O–H groups in total. The number of carbonyl (C=O) groups is 3. The van der Waals surface area contributed by atoms with Gasteiger partial charge in [-0.05, 0) is 43.2 Å². The molecule has 3 rings (SSSR count). The van der Waals surface area contributed by atoms with Gasteiger partial charge in [0, 0.05) is 24.8 Å². The maximum absolute atomic E-state index is 12.3. The second-order valence-electron chi connectivity index (χ2n) is 5.99. The molecule has 1 atom stereocenters. The van der Waals surface area contributed by atoms with Crippen LogP contribution in [0.5, 0.6) is 0 Å². The van der Waals surface area contributed by atoms with Crippen molar-refractivity contribution in [1.29, 1.82) is 0 Å². The van der Waals surface area contributed by atoms with Gasteiger partial charge in [0.1, 0.15) is 12.3 Å². The predicted octanol–water partition coefficient (Wildman–Crippen LogP) is 1.95. The third-order valence-electron chi connectivity index (χ3n) is 4.21. The molecule has 7 heteroatoms. The molecule has 0 aliphatic carbocycles. The van der Waals surface area contributed by atoms with Gasteiger partial charge in [-0.3, -0.25) is 14.4 Å². The summed E-state index contributed by atoms with van der Waals surface area (Å²) in [5, 5.41) is 5.40. The number of rotatable bonds is 4. The van der Waals surface area contributed by atoms with Gasteiger partial charge in [-0.2, -0.15) is 0 Å². The SMILES string of the molecule is CC(NC(=O)c1ccoc1)C(=O)Nc1ccc2c(c1)CCC(=O)N2C. The van der Waals surface area contributed by atoms with Gasteiger partial charge < -0.3 is 20.0 Å². The van der Waals surface area contributed by atoms with Crippen LogP contribution < -0.4 is 15.5 Å². The van der Waals surface area contributed by atoms with Crippen LogP contribution in [-0.4, -0.2) is 30.8 Å². The standard InChI is InChI=1S/C18H19N3O4/c1-11(19-18(24)13-7-8-25-10-13)17(23)20-14-4-5-15-12(9-14)3-6-16(22)21(15)2/h4-5,7-11H,3,6H2,1-2H3,(H,19,24)(H,20,23). The molecular formula is C18H19N3O4. The van der Waals surface area contributed by atoms with Crippen LogP contribution in [0.1, 0.15) is 29.3 Å². The summed E-state index contributed by atoms with van der Waals surface area (Å²) in [4.78, 5) is 37.6. The summed E-state index contributed by atoms with van der Waals surface area (Å²) in [7, 11) is 1.74. The van der Waals surface area contributed by atoms with E-state index in [2.05, 4.69) is 10.6 Å². The second-order valence-corrected chi connectivity index (χ2v) is 5.99. The molecule has 0 radical (unpaired) electrons. The zero-order valence-corrected chi connectivity index (χ0v) is 14.0. The van der Waals surface area contributed by atoms with Crippen molar-refractivity contribution >= 4 is 29.1 Å². The molecule has 1 aliphatic heterocycles. The Morgan fingerprint density at radius 2 is 2.04 bits per heavy atom. The highest BCUT2D eigenvalue weighted by atomic mass is 16.3. The Morgan fingerprint density at radius 3 is 2.76 bits per heavy atom. The number of hydrogen-bond acceptors (Lipinski definition) is 4. The number of amides is 3. The Kier molecular flexibility index (Phi) is 4.56. The fourth-order valence-corrected chi connectivity index (χ4v) is 2.72. The highest BCUT2D eigenvalue weighted by Gasteiger charge is 2.22. The van der Waals surface area contributed by atoms with Gasteiger partial charge in [-0.15, -0.1) is 0 Å². The molecule has 25 heavy (non-hydrogen) atoms. The van der Waals surface area contributed by atoms with Crippen molar-refractivity contribution in [2.24, 2.45) is 0 Å². The number of aryl methyl sites for hydroxylation is 1. The maximum Gasteiger partial charge on any atom is 0.255 e. The fourth-order valence-electron chi connectivity index (χ4n) is 2.72. The third-order valence-corrected chi connectivity index (χ3v) is 4.21. The van der Waals surface area contributed by atoms with E-state index in [1.165, 1.54) is 18.6 Å². The minimum Gasteiger partial charge on any atom is -0.472 e. The summed E-state index contributed by atoms with van der Waals surface area (Å²) in [5.74, 6) is -0.612. The molecule has 1 aliphatic rings. The lowest BCUT2D eigenvalue weighted by atomic mass is 10.0. The lowest BCUT2D eigenvalue weighted by molar-refractivity contribution is -0.119. The van der Waals surface area contributed by atoms with Crippen molar-refractivity contribution in [3.05, 3.63) is 47.9 Å². The molecule has 1 aromatic heterocycles. The summed E-state index contributed by atoms with van der Waals surface area (Å²) in [5.41, 5.74) is 2.86. The summed E-state index contributed by atoms with van der Waals surface area (Å²) >= 11 is 0. The number of anilines is 2. The van der Waals surface area contributed by atoms with E-state index >= 15 is 0 Å². The summed E-state index contributed by atoms with van der Waals surface area (Å²) in [6.45, 7) is 1.61. The molecule has 0 bridgehead atoms. The first-order valence-corrected chi connectivity index (χ1v) is 7.99. The largest absolute Gasteiger partial charge is 0.472 e. The Balaban J connectivity index is 1.65. The van der Waals surface area contributed by atoms with Gasteiger partial charge in [0.25, 0.3) is 5.91 Å². The van der Waals surface area contributed by atoms with Crippen LogP contribution in [0, 0.1) is 0 Å². The van der Waals surface area contributed by atoms with Crippen molar-refractivity contribution in [2.75, 3.05) is 17.3 Å². The lowest BCUT2D eigenvalue weighted by Crippen LogP contribution is -2.41. The first-order valence-electron chi connectivity index (χ1n) is 7.99. The van der Waals surface area contributed by atoms with Gasteiger partial charge >= 0.3 is 0 Å². The summed E-state index contributed by atoms with van der Waals surface area (Å²) in [6.07, 6.45) is 3.82. The smallest absolute Gasteiger partial charge is 0.255 e. The number of furan rings is 1. The van der Waals surface area contributed by atoms with Gasteiger partial charge in [-0.25, -0.2) is 0 Å². The molecule has 2 aromatic rings. The first-order chi connectivity index (χ1) is 12.0. The monoisotopic (exact) mass is 341 g/mol. The number of hydrogen-bond donors (Lipinski definition) is 2. The first kappa shape index (κ1) is 16.8. The maximum atomic E-state index is 12.3. The van der Waals surface area contributed by atoms with Crippen LogP contribution in [0.4, 0.5) is 11.4 Å². The van der Waals surface area contributed by atoms with Gasteiger partial charge in [0.05, 0.1) is 11.8 Å². The lowest BCUT2D eigenvalue weighted by Gasteiger charge is -2.26. The van der Waals surface area contributed by atoms with Crippen LogP contribution in [0.2, 0.25) is 0 Å². The van der Waals surface area contributed by atoms with Crippen molar-refractivity contribution in [3.8, 4) is 0 Å². The molecule has 7 nitrogen and oxygen atoms in total. The van der Waals surface area contributed by atoms with Crippen molar-refractivity contribution in [1.82, 2.24) is 5.32 Å². The number of nitrogens with zero attached hydrogens (tertiary/aromatic N) is 1. The molecule has 3 amide bonds. The average molecular weight is 341 g/mol. The van der Waals surface area contributed by atoms with Crippen LogP contribution in [0.3, 0.4) is 0 Å². The van der Waals surface area contributed by atoms with E-state index in [4.69, 9.17) is 4.42 Å². The molecule has 0 fully saturated rings. The molecule has 1 unspecified atom stereocenters. The van der Waals surface area contributed by atoms with Crippen molar-refractivity contribution < 1.29 is 18.8 Å². The van der Waals surface area contributed by atoms with E-state index in [0.29, 0.717) is 24.1 Å². The summed E-state index contributed by atoms with van der Waals surface area (Å²) < 4.78 is 4.85. The Morgan fingerprint density at radius 1 is 1.24 bits per heavy atom. The molecule has 0 saturated carbocycles. The molecular weight excluding hydrogens is 322 g/mol. The molecule has 130 valence electrons. The highest BCUT2D eigenvalue weighted by Crippen LogP contribution is 2.29. The van der Waals surface area contributed by atoms with Gasteiger partial charge in [0.2, 0.25) is 11.8 Å². The van der Waals surface area contributed by atoms with Gasteiger partial charge in [-0.1, -0.05) is 0 Å². The van der Waals surface area contributed by atoms with Crippen LogP contribution in [0.15, 0.2) is 41.2 Å². The number of fused-ring (bicyclic) bond motifs is 1. The Bertz CT molecular complexity index is 814. The molecule has 1 aromatic carbocycles. The fraction of sp³-hybridized carbons (Fsp3) is 0.278. The zero-order chi connectivity index (χ0) is 18.0. The molecule has 0 saturated heterocycles. The highest BCUT2D eigenvalue weighted by molar-refractivity contribution is 6.01. The van der Waals surface area contributed by atoms with Crippen LogP contribution in [-0.2, 0) is 16.0 Å². The van der Waals surface area contributed by atoms with Crippen LogP contribution >= 0.6 is 0 Å². The second kappa shape index (κ2) is 6.80. The van der Waals surface area contributed by atoms with Gasteiger partial charge in [0.15, 0.2) is 0 Å². The number of nitrogens with one attached hydrogen (secondary N) is 2. The van der Waals surface area contributed by atoms with Crippen molar-refractivity contribution in [3.63, 3.8) is 0 Å². The number of benzene rings is 1. The molecule has 2 heterocycles. The van der Waals surface area contributed by atoms with E-state index < -0.39 is 6.04 Å². The topological polar surface area (TPSA) is 91.6 Å². The Hall–Kier alpha value is -3.09. The minimum atomic E-state index is -0.706. The van der Waals surface area contributed by atoms with E-state index in [9.17, 15) is 14.4 Å². The van der Waals surface area contributed by atoms with E-state index in [1.54, 1.807) is 24.9 Å². The Labute approximate surface area is 145 Å². The van der Waals surface area contributed by atoms with Crippen molar-refractivity contribution in [2.45, 2.75) is 25.8 Å².